The minimum Gasteiger partial charge on any atom is -0.475 e. The van der Waals surface area contributed by atoms with E-state index in [0.717, 1.165) is 5.03 Å². The highest BCUT2D eigenvalue weighted by Crippen LogP contribution is 2.34. The van der Waals surface area contributed by atoms with Crippen molar-refractivity contribution in [3.8, 4) is 0 Å². The van der Waals surface area contributed by atoms with Crippen molar-refractivity contribution in [3.63, 3.8) is 0 Å². The number of carbonyl (C=O) groups is 1. The summed E-state index contributed by atoms with van der Waals surface area (Å²) in [5.74, 6) is -0.489. The lowest BCUT2D eigenvalue weighted by Crippen LogP contribution is -1.92. The van der Waals surface area contributed by atoms with Crippen LogP contribution >= 0.6 is 11.8 Å². The van der Waals surface area contributed by atoms with Crippen molar-refractivity contribution in [1.82, 2.24) is 9.97 Å². The summed E-state index contributed by atoms with van der Waals surface area (Å²) in [6, 6.07) is 4.92. The lowest BCUT2D eigenvalue weighted by atomic mass is 10.3. The molecule has 2 rings (SSSR count). The molecule has 88 valence electrons. The third-order valence-electron chi connectivity index (χ3n) is 2.09. The molecule has 0 aliphatic carbocycles. The van der Waals surface area contributed by atoms with Gasteiger partial charge in [-0.05, 0) is 25.1 Å². The van der Waals surface area contributed by atoms with Crippen LogP contribution in [0.2, 0.25) is 0 Å². The molecule has 1 atom stereocenters. The van der Waals surface area contributed by atoms with Crippen molar-refractivity contribution < 1.29 is 14.3 Å². The van der Waals surface area contributed by atoms with E-state index in [9.17, 15) is 4.79 Å². The van der Waals surface area contributed by atoms with Crippen molar-refractivity contribution in [2.45, 2.75) is 17.2 Å². The number of thioether (sulfide) groups is 1. The van der Waals surface area contributed by atoms with Crippen LogP contribution in [0, 0.1) is 0 Å². The molecule has 5 nitrogen and oxygen atoms in total. The average molecular weight is 250 g/mol. The number of hydrogen-bond acceptors (Lipinski definition) is 5. The predicted octanol–water partition coefficient (Wildman–Crippen LogP) is 2.62. The number of nitrogens with zero attached hydrogens (tertiary/aromatic N) is 2. The van der Waals surface area contributed by atoms with Crippen molar-refractivity contribution in [2.75, 3.05) is 0 Å². The van der Waals surface area contributed by atoms with Crippen molar-refractivity contribution >= 4 is 17.7 Å². The summed E-state index contributed by atoms with van der Waals surface area (Å²) in [7, 11) is 0. The zero-order valence-electron chi connectivity index (χ0n) is 9.03. The number of aromatic nitrogens is 2. The number of furan rings is 1. The van der Waals surface area contributed by atoms with Crippen molar-refractivity contribution in [1.29, 1.82) is 0 Å². The summed E-state index contributed by atoms with van der Waals surface area (Å²) in [5, 5.41) is 9.57. The van der Waals surface area contributed by atoms with Crippen LogP contribution in [0.15, 0.2) is 40.2 Å². The molecule has 0 radical (unpaired) electrons. The first-order valence-corrected chi connectivity index (χ1v) is 5.80. The molecule has 1 unspecified atom stereocenters. The molecule has 0 saturated heterocycles. The largest absolute Gasteiger partial charge is 0.475 e. The Labute approximate surface area is 102 Å². The van der Waals surface area contributed by atoms with Gasteiger partial charge >= 0.3 is 5.97 Å². The number of hydrogen-bond donors (Lipinski definition) is 1. The summed E-state index contributed by atoms with van der Waals surface area (Å²) in [5.41, 5.74) is 0. The molecule has 0 aliphatic rings. The number of carboxylic acids is 1. The van der Waals surface area contributed by atoms with E-state index in [2.05, 4.69) is 9.97 Å². The quantitative estimate of drug-likeness (QED) is 0.664. The fraction of sp³-hybridized carbons (Fsp3) is 0.182. The van der Waals surface area contributed by atoms with Gasteiger partial charge in [0.15, 0.2) is 0 Å². The van der Waals surface area contributed by atoms with Gasteiger partial charge in [-0.15, -0.1) is 0 Å². The molecule has 2 aromatic rings. The van der Waals surface area contributed by atoms with E-state index in [4.69, 9.17) is 9.52 Å². The Morgan fingerprint density at radius 2 is 2.29 bits per heavy atom. The maximum Gasteiger partial charge on any atom is 0.371 e. The standard InChI is InChI=1S/C11H10N2O3S/c1-7(17-10-4-5-12-6-13-10)8-2-3-9(16-8)11(14)15/h2-7H,1H3,(H,14,15). The predicted molar refractivity (Wildman–Crippen MR) is 62.0 cm³/mol. The summed E-state index contributed by atoms with van der Waals surface area (Å²) in [4.78, 5) is 18.6. The van der Waals surface area contributed by atoms with Crippen molar-refractivity contribution in [2.24, 2.45) is 0 Å². The van der Waals surface area contributed by atoms with Gasteiger partial charge in [-0.25, -0.2) is 14.8 Å². The number of rotatable bonds is 4. The van der Waals surface area contributed by atoms with E-state index in [0.29, 0.717) is 5.76 Å². The van der Waals surface area contributed by atoms with E-state index in [1.54, 1.807) is 18.3 Å². The summed E-state index contributed by atoms with van der Waals surface area (Å²) in [6.45, 7) is 1.93. The first kappa shape index (κ1) is 11.7. The van der Waals surface area contributed by atoms with E-state index >= 15 is 0 Å². The van der Waals surface area contributed by atoms with E-state index in [1.807, 2.05) is 6.92 Å². The second-order valence-corrected chi connectivity index (χ2v) is 4.68. The van der Waals surface area contributed by atoms with Crippen molar-refractivity contribution in [3.05, 3.63) is 42.2 Å². The Morgan fingerprint density at radius 3 is 2.88 bits per heavy atom. The van der Waals surface area contributed by atoms with Gasteiger partial charge < -0.3 is 9.52 Å². The molecule has 2 aromatic heterocycles. The highest BCUT2D eigenvalue weighted by Gasteiger charge is 2.15. The smallest absolute Gasteiger partial charge is 0.371 e. The van der Waals surface area contributed by atoms with Crippen LogP contribution in [-0.4, -0.2) is 21.0 Å². The average Bonchev–Trinajstić information content (AvgIpc) is 2.79. The summed E-state index contributed by atoms with van der Waals surface area (Å²) < 4.78 is 5.22. The molecular weight excluding hydrogens is 240 g/mol. The van der Waals surface area contributed by atoms with Crippen LogP contribution in [0.4, 0.5) is 0 Å². The van der Waals surface area contributed by atoms with Crippen LogP contribution in [0.1, 0.15) is 28.5 Å². The molecule has 0 amide bonds. The second kappa shape index (κ2) is 5.01. The Hall–Kier alpha value is -1.82. The minimum absolute atomic E-state index is 0.00185. The topological polar surface area (TPSA) is 76.2 Å². The zero-order valence-corrected chi connectivity index (χ0v) is 9.85. The molecule has 17 heavy (non-hydrogen) atoms. The normalized spacial score (nSPS) is 12.3. The third-order valence-corrected chi connectivity index (χ3v) is 3.16. The van der Waals surface area contributed by atoms with Gasteiger partial charge in [0.05, 0.1) is 5.25 Å². The maximum atomic E-state index is 10.7. The van der Waals surface area contributed by atoms with Crippen LogP contribution in [0.25, 0.3) is 0 Å². The summed E-state index contributed by atoms with van der Waals surface area (Å²) in [6.07, 6.45) is 3.13. The Balaban J connectivity index is 2.09. The Kier molecular flexibility index (Phi) is 3.43. The molecule has 0 spiro atoms. The first-order chi connectivity index (χ1) is 8.16. The van der Waals surface area contributed by atoms with Gasteiger partial charge in [0, 0.05) is 6.20 Å². The fourth-order valence-electron chi connectivity index (χ4n) is 1.27. The SMILES string of the molecule is CC(Sc1ccncn1)c1ccc(C(=O)O)o1. The monoisotopic (exact) mass is 250 g/mol. The molecule has 6 heteroatoms. The lowest BCUT2D eigenvalue weighted by Gasteiger charge is -2.06. The highest BCUT2D eigenvalue weighted by molar-refractivity contribution is 7.99. The first-order valence-electron chi connectivity index (χ1n) is 4.92. The van der Waals surface area contributed by atoms with Crippen LogP contribution < -0.4 is 0 Å². The van der Waals surface area contributed by atoms with Crippen LogP contribution in [0.3, 0.4) is 0 Å². The maximum absolute atomic E-state index is 10.7. The molecular formula is C11H10N2O3S. The van der Waals surface area contributed by atoms with Gasteiger partial charge in [0.1, 0.15) is 17.1 Å². The van der Waals surface area contributed by atoms with E-state index < -0.39 is 5.97 Å². The van der Waals surface area contributed by atoms with Crippen LogP contribution in [0.5, 0.6) is 0 Å². The lowest BCUT2D eigenvalue weighted by molar-refractivity contribution is 0.0660. The number of carboxylic acid groups (broad SMARTS) is 1. The molecule has 0 bridgehead atoms. The Bertz CT molecular complexity index is 512. The molecule has 0 fully saturated rings. The van der Waals surface area contributed by atoms with E-state index in [1.165, 1.54) is 24.2 Å². The minimum atomic E-state index is -1.06. The molecule has 0 aliphatic heterocycles. The van der Waals surface area contributed by atoms with Gasteiger partial charge in [0.2, 0.25) is 5.76 Å². The fourth-order valence-corrected chi connectivity index (χ4v) is 2.13. The van der Waals surface area contributed by atoms with Gasteiger partial charge in [-0.3, -0.25) is 0 Å². The van der Waals surface area contributed by atoms with Gasteiger partial charge in [-0.1, -0.05) is 11.8 Å². The second-order valence-electron chi connectivity index (χ2n) is 3.31. The highest BCUT2D eigenvalue weighted by atomic mass is 32.2. The number of aromatic carboxylic acids is 1. The van der Waals surface area contributed by atoms with Gasteiger partial charge in [-0.2, -0.15) is 0 Å². The Morgan fingerprint density at radius 1 is 1.47 bits per heavy atom. The van der Waals surface area contributed by atoms with Crippen LogP contribution in [-0.2, 0) is 0 Å². The zero-order chi connectivity index (χ0) is 12.3. The summed E-state index contributed by atoms with van der Waals surface area (Å²) >= 11 is 1.48. The third kappa shape index (κ3) is 2.85. The van der Waals surface area contributed by atoms with E-state index in [-0.39, 0.29) is 11.0 Å². The van der Waals surface area contributed by atoms with Gasteiger partial charge in [0.25, 0.3) is 0 Å². The molecule has 2 heterocycles. The molecule has 1 N–H and O–H groups in total. The molecule has 0 aromatic carbocycles. The molecule has 0 saturated carbocycles.